The Balaban J connectivity index is 1.57. The van der Waals surface area contributed by atoms with Crippen LogP contribution < -0.4 is 5.73 Å². The van der Waals surface area contributed by atoms with Gasteiger partial charge < -0.3 is 10.6 Å². The van der Waals surface area contributed by atoms with Gasteiger partial charge in [-0.25, -0.2) is 0 Å². The van der Waals surface area contributed by atoms with E-state index in [1.54, 1.807) is 0 Å². The summed E-state index contributed by atoms with van der Waals surface area (Å²) in [5.74, 6) is 1.31. The third-order valence-electron chi connectivity index (χ3n) is 4.03. The van der Waals surface area contributed by atoms with Crippen molar-refractivity contribution in [1.29, 1.82) is 0 Å². The second-order valence-electron chi connectivity index (χ2n) is 5.72. The van der Waals surface area contributed by atoms with Gasteiger partial charge in [0.2, 0.25) is 5.91 Å². The number of amides is 1. The van der Waals surface area contributed by atoms with Crippen LogP contribution in [0.1, 0.15) is 38.5 Å². The summed E-state index contributed by atoms with van der Waals surface area (Å²) in [7, 11) is 0. The van der Waals surface area contributed by atoms with E-state index >= 15 is 0 Å². The Morgan fingerprint density at radius 3 is 2.39 bits per heavy atom. The molecule has 0 aromatic carbocycles. The first-order chi connectivity index (χ1) is 8.79. The van der Waals surface area contributed by atoms with Gasteiger partial charge in [-0.15, -0.1) is 0 Å². The van der Waals surface area contributed by atoms with E-state index in [2.05, 4.69) is 4.90 Å². The average Bonchev–Trinajstić information content (AvgIpc) is 3.19. The third-order valence-corrected chi connectivity index (χ3v) is 4.03. The Bertz CT molecular complexity index is 258. The van der Waals surface area contributed by atoms with Crippen LogP contribution in [0.3, 0.4) is 0 Å². The van der Waals surface area contributed by atoms with Crippen LogP contribution in [-0.2, 0) is 4.79 Å². The summed E-state index contributed by atoms with van der Waals surface area (Å²) < 4.78 is 0. The first kappa shape index (κ1) is 13.8. The van der Waals surface area contributed by atoms with E-state index in [1.807, 2.05) is 4.90 Å². The predicted molar refractivity (Wildman–Crippen MR) is 73.3 cm³/mol. The summed E-state index contributed by atoms with van der Waals surface area (Å²) in [5.41, 5.74) is 5.45. The lowest BCUT2D eigenvalue weighted by atomic mass is 10.1. The van der Waals surface area contributed by atoms with Crippen LogP contribution in [0.2, 0.25) is 0 Å². The Labute approximate surface area is 110 Å². The molecule has 0 spiro atoms. The average molecular weight is 253 g/mol. The molecular formula is C14H27N3O. The van der Waals surface area contributed by atoms with E-state index in [0.29, 0.717) is 12.3 Å². The van der Waals surface area contributed by atoms with Gasteiger partial charge in [-0.2, -0.15) is 0 Å². The molecule has 4 nitrogen and oxygen atoms in total. The molecule has 2 fully saturated rings. The summed E-state index contributed by atoms with van der Waals surface area (Å²) in [6.07, 6.45) is 6.67. The maximum absolute atomic E-state index is 12.0. The lowest BCUT2D eigenvalue weighted by Crippen LogP contribution is -2.49. The van der Waals surface area contributed by atoms with Gasteiger partial charge in [-0.05, 0) is 38.1 Å². The van der Waals surface area contributed by atoms with Crippen LogP contribution >= 0.6 is 0 Å². The van der Waals surface area contributed by atoms with Crippen molar-refractivity contribution in [3.63, 3.8) is 0 Å². The van der Waals surface area contributed by atoms with E-state index < -0.39 is 0 Å². The van der Waals surface area contributed by atoms with Crippen molar-refractivity contribution in [3.8, 4) is 0 Å². The number of carbonyl (C=O) groups is 1. The van der Waals surface area contributed by atoms with Gasteiger partial charge in [-0.3, -0.25) is 9.69 Å². The molecule has 1 amide bonds. The van der Waals surface area contributed by atoms with Crippen molar-refractivity contribution in [2.24, 2.45) is 11.7 Å². The lowest BCUT2D eigenvalue weighted by Gasteiger charge is -2.34. The van der Waals surface area contributed by atoms with Crippen molar-refractivity contribution in [1.82, 2.24) is 9.80 Å². The summed E-state index contributed by atoms with van der Waals surface area (Å²) in [6, 6.07) is 0. The number of unbranched alkanes of at least 4 members (excludes halogenated alkanes) is 2. The van der Waals surface area contributed by atoms with Crippen molar-refractivity contribution in [2.75, 3.05) is 39.3 Å². The second-order valence-corrected chi connectivity index (χ2v) is 5.72. The van der Waals surface area contributed by atoms with E-state index in [4.69, 9.17) is 5.73 Å². The highest BCUT2D eigenvalue weighted by Gasteiger charge is 2.27. The molecule has 0 radical (unpaired) electrons. The van der Waals surface area contributed by atoms with Gasteiger partial charge >= 0.3 is 0 Å². The minimum atomic E-state index is 0.345. The van der Waals surface area contributed by atoms with E-state index in [9.17, 15) is 4.79 Å². The largest absolute Gasteiger partial charge is 0.340 e. The summed E-state index contributed by atoms with van der Waals surface area (Å²) in [4.78, 5) is 16.5. The Hall–Kier alpha value is -0.610. The van der Waals surface area contributed by atoms with Gasteiger partial charge in [0.1, 0.15) is 0 Å². The van der Waals surface area contributed by atoms with E-state index in [0.717, 1.165) is 57.9 Å². The number of carbonyl (C=O) groups excluding carboxylic acids is 1. The van der Waals surface area contributed by atoms with E-state index in [-0.39, 0.29) is 0 Å². The fourth-order valence-corrected chi connectivity index (χ4v) is 2.60. The molecule has 0 atom stereocenters. The highest BCUT2D eigenvalue weighted by molar-refractivity contribution is 5.76. The molecule has 1 saturated heterocycles. The molecule has 0 unspecified atom stereocenters. The summed E-state index contributed by atoms with van der Waals surface area (Å²) in [6.45, 7) is 6.02. The van der Waals surface area contributed by atoms with Crippen molar-refractivity contribution in [3.05, 3.63) is 0 Å². The first-order valence-electron chi connectivity index (χ1n) is 7.50. The minimum Gasteiger partial charge on any atom is -0.340 e. The van der Waals surface area contributed by atoms with Crippen molar-refractivity contribution in [2.45, 2.75) is 38.5 Å². The van der Waals surface area contributed by atoms with Crippen LogP contribution in [0.15, 0.2) is 0 Å². The summed E-state index contributed by atoms with van der Waals surface area (Å²) in [5, 5.41) is 0. The SMILES string of the molecule is NCCCCCC(=O)N1CCN(CC2CC2)CC1. The second kappa shape index (κ2) is 7.10. The molecule has 1 saturated carbocycles. The maximum Gasteiger partial charge on any atom is 0.222 e. The number of rotatable bonds is 7. The molecule has 2 N–H and O–H groups in total. The predicted octanol–water partition coefficient (Wildman–Crippen LogP) is 1.06. The topological polar surface area (TPSA) is 49.6 Å². The molecule has 0 bridgehead atoms. The molecule has 1 heterocycles. The van der Waals surface area contributed by atoms with Crippen LogP contribution in [0.4, 0.5) is 0 Å². The zero-order valence-corrected chi connectivity index (χ0v) is 11.4. The fourth-order valence-electron chi connectivity index (χ4n) is 2.60. The monoisotopic (exact) mass is 253 g/mol. The number of hydrogen-bond donors (Lipinski definition) is 1. The summed E-state index contributed by atoms with van der Waals surface area (Å²) >= 11 is 0. The van der Waals surface area contributed by atoms with Gasteiger partial charge in [0.15, 0.2) is 0 Å². The van der Waals surface area contributed by atoms with Gasteiger partial charge in [0.25, 0.3) is 0 Å². The van der Waals surface area contributed by atoms with Crippen molar-refractivity contribution < 1.29 is 4.79 Å². The zero-order chi connectivity index (χ0) is 12.8. The molecule has 4 heteroatoms. The molecule has 2 aliphatic rings. The van der Waals surface area contributed by atoms with Crippen molar-refractivity contribution >= 4 is 5.91 Å². The third kappa shape index (κ3) is 4.58. The zero-order valence-electron chi connectivity index (χ0n) is 11.4. The fraction of sp³-hybridized carbons (Fsp3) is 0.929. The van der Waals surface area contributed by atoms with Gasteiger partial charge in [-0.1, -0.05) is 6.42 Å². The van der Waals surface area contributed by atoms with Crippen LogP contribution in [0, 0.1) is 5.92 Å². The standard InChI is InChI=1S/C14H27N3O/c15-7-3-1-2-4-14(18)17-10-8-16(9-11-17)12-13-5-6-13/h13H,1-12,15H2. The normalized spacial score (nSPS) is 21.3. The number of nitrogens with two attached hydrogens (primary N) is 1. The van der Waals surface area contributed by atoms with Gasteiger partial charge in [0.05, 0.1) is 0 Å². The smallest absolute Gasteiger partial charge is 0.222 e. The Morgan fingerprint density at radius 2 is 1.78 bits per heavy atom. The van der Waals surface area contributed by atoms with Gasteiger partial charge in [0, 0.05) is 39.1 Å². The van der Waals surface area contributed by atoms with Crippen LogP contribution in [0.25, 0.3) is 0 Å². The van der Waals surface area contributed by atoms with Crippen LogP contribution in [0.5, 0.6) is 0 Å². The number of piperazine rings is 1. The first-order valence-corrected chi connectivity index (χ1v) is 7.50. The molecule has 1 aliphatic carbocycles. The molecule has 0 aromatic rings. The number of nitrogens with zero attached hydrogens (tertiary/aromatic N) is 2. The Kier molecular flexibility index (Phi) is 5.45. The number of hydrogen-bond acceptors (Lipinski definition) is 3. The molecule has 18 heavy (non-hydrogen) atoms. The Morgan fingerprint density at radius 1 is 1.06 bits per heavy atom. The highest BCUT2D eigenvalue weighted by Crippen LogP contribution is 2.29. The molecule has 104 valence electrons. The highest BCUT2D eigenvalue weighted by atomic mass is 16.2. The minimum absolute atomic E-state index is 0.345. The van der Waals surface area contributed by atoms with Crippen LogP contribution in [-0.4, -0.2) is 55.0 Å². The maximum atomic E-state index is 12.0. The van der Waals surface area contributed by atoms with E-state index in [1.165, 1.54) is 19.4 Å². The lowest BCUT2D eigenvalue weighted by molar-refractivity contribution is -0.133. The molecular weight excluding hydrogens is 226 g/mol. The molecule has 0 aromatic heterocycles. The quantitative estimate of drug-likeness (QED) is 0.690. The molecule has 1 aliphatic heterocycles. The molecule has 2 rings (SSSR count).